The third kappa shape index (κ3) is 4.84. The molecule has 0 saturated carbocycles. The largest absolute Gasteiger partial charge is 0.345 e. The van der Waals surface area contributed by atoms with Crippen LogP contribution in [0.25, 0.3) is 0 Å². The minimum atomic E-state index is -0.478. The summed E-state index contributed by atoms with van der Waals surface area (Å²) in [6, 6.07) is 20.2. The first-order valence-electron chi connectivity index (χ1n) is 10.4. The van der Waals surface area contributed by atoms with Crippen LogP contribution in [0.3, 0.4) is 0 Å². The van der Waals surface area contributed by atoms with Crippen LogP contribution in [0.15, 0.2) is 60.7 Å². The summed E-state index contributed by atoms with van der Waals surface area (Å²) < 4.78 is 0. The summed E-state index contributed by atoms with van der Waals surface area (Å²) in [6.45, 7) is 0. The van der Waals surface area contributed by atoms with E-state index >= 15 is 0 Å². The number of fused-ring (bicyclic) bond motifs is 1. The predicted octanol–water partition coefficient (Wildman–Crippen LogP) is 5.00. The van der Waals surface area contributed by atoms with Gasteiger partial charge >= 0.3 is 0 Å². The zero-order valence-corrected chi connectivity index (χ0v) is 17.9. The van der Waals surface area contributed by atoms with Crippen LogP contribution >= 0.6 is 11.3 Å². The smallest absolute Gasteiger partial charge is 0.251 e. The Labute approximate surface area is 185 Å². The van der Waals surface area contributed by atoms with Crippen molar-refractivity contribution in [1.82, 2.24) is 5.32 Å². The van der Waals surface area contributed by atoms with Gasteiger partial charge in [0.15, 0.2) is 0 Å². The first-order valence-corrected chi connectivity index (χ1v) is 11.2. The van der Waals surface area contributed by atoms with E-state index in [1.165, 1.54) is 16.2 Å². The van der Waals surface area contributed by atoms with Crippen LogP contribution in [-0.2, 0) is 17.6 Å². The molecule has 0 bridgehead atoms. The number of hydrogen-bond acceptors (Lipinski definition) is 4. The number of thiophene rings is 1. The number of aryl methyl sites for hydroxylation is 1. The summed E-state index contributed by atoms with van der Waals surface area (Å²) in [5.74, 6) is -0.455. The van der Waals surface area contributed by atoms with Crippen molar-refractivity contribution < 1.29 is 9.59 Å². The van der Waals surface area contributed by atoms with Gasteiger partial charge in [0.2, 0.25) is 5.91 Å². The van der Waals surface area contributed by atoms with Gasteiger partial charge in [-0.25, -0.2) is 0 Å². The SMILES string of the molecule is N#Cc1c(NC(=O)C[C@@H](NC(=O)c2ccccc2)c2ccccc2)sc2c1CCCC2. The molecule has 1 aliphatic rings. The number of nitrogens with one attached hydrogen (secondary N) is 2. The van der Waals surface area contributed by atoms with E-state index in [0.29, 0.717) is 16.1 Å². The van der Waals surface area contributed by atoms with E-state index in [9.17, 15) is 14.9 Å². The van der Waals surface area contributed by atoms with Crippen molar-refractivity contribution in [2.45, 2.75) is 38.1 Å². The zero-order chi connectivity index (χ0) is 21.6. The van der Waals surface area contributed by atoms with Crippen molar-refractivity contribution in [1.29, 1.82) is 5.26 Å². The highest BCUT2D eigenvalue weighted by Crippen LogP contribution is 2.37. The van der Waals surface area contributed by atoms with Crippen molar-refractivity contribution in [2.24, 2.45) is 0 Å². The molecule has 1 heterocycles. The second-order valence-electron chi connectivity index (χ2n) is 7.58. The summed E-state index contributed by atoms with van der Waals surface area (Å²) in [5, 5.41) is 16.2. The minimum Gasteiger partial charge on any atom is -0.345 e. The first-order chi connectivity index (χ1) is 15.2. The molecule has 0 spiro atoms. The second kappa shape index (κ2) is 9.59. The van der Waals surface area contributed by atoms with Crippen LogP contribution in [0.2, 0.25) is 0 Å². The molecule has 156 valence electrons. The highest BCUT2D eigenvalue weighted by molar-refractivity contribution is 7.16. The molecule has 0 fully saturated rings. The Bertz CT molecular complexity index is 1120. The normalized spacial score (nSPS) is 13.5. The lowest BCUT2D eigenvalue weighted by molar-refractivity contribution is -0.116. The Balaban J connectivity index is 1.52. The summed E-state index contributed by atoms with van der Waals surface area (Å²) in [4.78, 5) is 26.9. The van der Waals surface area contributed by atoms with Crippen LogP contribution in [-0.4, -0.2) is 11.8 Å². The number of amides is 2. The average molecular weight is 430 g/mol. The molecule has 3 aromatic rings. The Kier molecular flexibility index (Phi) is 6.44. The van der Waals surface area contributed by atoms with Gasteiger partial charge in [-0.05, 0) is 48.9 Å². The van der Waals surface area contributed by atoms with Crippen LogP contribution in [0, 0.1) is 11.3 Å². The zero-order valence-electron chi connectivity index (χ0n) is 17.1. The lowest BCUT2D eigenvalue weighted by Crippen LogP contribution is -2.31. The van der Waals surface area contributed by atoms with Gasteiger partial charge in [-0.1, -0.05) is 48.5 Å². The second-order valence-corrected chi connectivity index (χ2v) is 8.69. The van der Waals surface area contributed by atoms with Crippen molar-refractivity contribution in [3.05, 3.63) is 87.8 Å². The van der Waals surface area contributed by atoms with Crippen molar-refractivity contribution >= 4 is 28.2 Å². The number of nitriles is 1. The molecule has 2 amide bonds. The summed E-state index contributed by atoms with van der Waals surface area (Å²) in [7, 11) is 0. The summed E-state index contributed by atoms with van der Waals surface area (Å²) >= 11 is 1.51. The van der Waals surface area contributed by atoms with Gasteiger partial charge in [0.1, 0.15) is 11.1 Å². The summed E-state index contributed by atoms with van der Waals surface area (Å²) in [6.07, 6.45) is 4.13. The van der Waals surface area contributed by atoms with E-state index < -0.39 is 6.04 Å². The van der Waals surface area contributed by atoms with Gasteiger partial charge < -0.3 is 10.6 Å². The van der Waals surface area contributed by atoms with Gasteiger partial charge in [0.05, 0.1) is 18.0 Å². The van der Waals surface area contributed by atoms with Crippen molar-refractivity contribution in [2.75, 3.05) is 5.32 Å². The standard InChI is InChI=1S/C25H23N3O2S/c26-16-20-19-13-7-8-14-22(19)31-25(20)28-23(29)15-21(17-9-3-1-4-10-17)27-24(30)18-11-5-2-6-12-18/h1-6,9-12,21H,7-8,13-15H2,(H,27,30)(H,28,29)/t21-/m1/s1. The van der Waals surface area contributed by atoms with Crippen LogP contribution < -0.4 is 10.6 Å². The first kappa shape index (κ1) is 20.8. The quantitative estimate of drug-likeness (QED) is 0.579. The maximum absolute atomic E-state index is 12.9. The number of carbonyl (C=O) groups is 2. The summed E-state index contributed by atoms with van der Waals surface area (Å²) in [5.41, 5.74) is 3.08. The number of carbonyl (C=O) groups excluding carboxylic acids is 2. The minimum absolute atomic E-state index is 0.0794. The number of hydrogen-bond donors (Lipinski definition) is 2. The van der Waals surface area contributed by atoms with E-state index in [2.05, 4.69) is 16.7 Å². The topological polar surface area (TPSA) is 82.0 Å². The average Bonchev–Trinajstić information content (AvgIpc) is 3.16. The Morgan fingerprint density at radius 1 is 1.00 bits per heavy atom. The molecule has 0 aliphatic heterocycles. The highest BCUT2D eigenvalue weighted by atomic mass is 32.1. The van der Waals surface area contributed by atoms with E-state index in [1.54, 1.807) is 24.3 Å². The molecule has 0 saturated heterocycles. The maximum atomic E-state index is 12.9. The Morgan fingerprint density at radius 2 is 1.68 bits per heavy atom. The van der Waals surface area contributed by atoms with Crippen molar-refractivity contribution in [3.63, 3.8) is 0 Å². The molecule has 6 heteroatoms. The van der Waals surface area contributed by atoms with Gasteiger partial charge in [-0.3, -0.25) is 9.59 Å². The molecule has 2 aromatic carbocycles. The molecule has 1 atom stereocenters. The Morgan fingerprint density at radius 3 is 2.39 bits per heavy atom. The fraction of sp³-hybridized carbons (Fsp3) is 0.240. The molecule has 31 heavy (non-hydrogen) atoms. The van der Waals surface area contributed by atoms with Gasteiger partial charge in [0.25, 0.3) is 5.91 Å². The van der Waals surface area contributed by atoms with Gasteiger partial charge in [0, 0.05) is 10.4 Å². The lowest BCUT2D eigenvalue weighted by Gasteiger charge is -2.19. The van der Waals surface area contributed by atoms with Gasteiger partial charge in [-0.15, -0.1) is 11.3 Å². The Hall–Kier alpha value is -3.43. The molecular weight excluding hydrogens is 406 g/mol. The fourth-order valence-corrected chi connectivity index (χ4v) is 5.16. The molecular formula is C25H23N3O2S. The molecule has 2 N–H and O–H groups in total. The third-order valence-corrected chi connectivity index (χ3v) is 6.68. The molecule has 0 radical (unpaired) electrons. The fourth-order valence-electron chi connectivity index (χ4n) is 3.90. The molecule has 5 nitrogen and oxygen atoms in total. The van der Waals surface area contributed by atoms with Crippen molar-refractivity contribution in [3.8, 4) is 6.07 Å². The number of rotatable bonds is 6. The van der Waals surface area contributed by atoms with E-state index in [1.807, 2.05) is 36.4 Å². The lowest BCUT2D eigenvalue weighted by atomic mass is 9.96. The molecule has 1 aromatic heterocycles. The van der Waals surface area contributed by atoms with Gasteiger partial charge in [-0.2, -0.15) is 5.26 Å². The van der Waals surface area contributed by atoms with Crippen LogP contribution in [0.1, 0.15) is 57.2 Å². The number of anilines is 1. The maximum Gasteiger partial charge on any atom is 0.251 e. The molecule has 4 rings (SSSR count). The molecule has 1 aliphatic carbocycles. The third-order valence-electron chi connectivity index (χ3n) is 5.47. The van der Waals surface area contributed by atoms with Crippen LogP contribution in [0.4, 0.5) is 5.00 Å². The predicted molar refractivity (Wildman–Crippen MR) is 122 cm³/mol. The highest BCUT2D eigenvalue weighted by Gasteiger charge is 2.24. The molecule has 0 unspecified atom stereocenters. The van der Waals surface area contributed by atoms with E-state index in [0.717, 1.165) is 36.8 Å². The monoisotopic (exact) mass is 429 g/mol. The number of benzene rings is 2. The number of nitrogens with zero attached hydrogens (tertiary/aromatic N) is 1. The van der Waals surface area contributed by atoms with Crippen LogP contribution in [0.5, 0.6) is 0 Å². The van der Waals surface area contributed by atoms with E-state index in [-0.39, 0.29) is 18.2 Å². The van der Waals surface area contributed by atoms with E-state index in [4.69, 9.17) is 0 Å².